The maximum Gasteiger partial charge on any atom is 0.255 e. The van der Waals surface area contributed by atoms with Crippen molar-refractivity contribution in [1.82, 2.24) is 19.2 Å². The lowest BCUT2D eigenvalue weighted by atomic mass is 10.2. The van der Waals surface area contributed by atoms with Gasteiger partial charge in [0.2, 0.25) is 0 Å². The van der Waals surface area contributed by atoms with Gasteiger partial charge in [0.25, 0.3) is 11.5 Å². The molecule has 0 spiro atoms. The Balaban J connectivity index is 1.76. The van der Waals surface area contributed by atoms with E-state index in [1.807, 2.05) is 28.9 Å². The van der Waals surface area contributed by atoms with E-state index in [2.05, 4.69) is 5.10 Å². The fourth-order valence-electron chi connectivity index (χ4n) is 3.26. The quantitative estimate of drug-likeness (QED) is 0.792. The van der Waals surface area contributed by atoms with Crippen molar-refractivity contribution in [3.05, 3.63) is 52.2 Å². The fourth-order valence-corrected chi connectivity index (χ4v) is 3.26. The Morgan fingerprint density at radius 2 is 2.20 bits per heavy atom. The van der Waals surface area contributed by atoms with Crippen LogP contribution in [0.4, 0.5) is 0 Å². The average molecular weight is 344 g/mol. The van der Waals surface area contributed by atoms with E-state index < -0.39 is 0 Å². The van der Waals surface area contributed by atoms with Crippen molar-refractivity contribution in [2.24, 2.45) is 0 Å². The fraction of sp³-hybridized carbons (Fsp3) is 0.500. The molecule has 2 aromatic rings. The summed E-state index contributed by atoms with van der Waals surface area (Å²) in [6.07, 6.45) is 7.41. The number of aryl methyl sites for hydroxylation is 1. The lowest BCUT2D eigenvalue weighted by Crippen LogP contribution is -2.38. The van der Waals surface area contributed by atoms with Gasteiger partial charge in [-0.3, -0.25) is 14.3 Å². The third-order valence-corrected chi connectivity index (χ3v) is 4.56. The molecule has 1 fully saturated rings. The second-order valence-electron chi connectivity index (χ2n) is 6.48. The average Bonchev–Trinajstić information content (AvgIpc) is 3.23. The highest BCUT2D eigenvalue weighted by atomic mass is 16.5. The summed E-state index contributed by atoms with van der Waals surface area (Å²) >= 11 is 0. The zero-order valence-corrected chi connectivity index (χ0v) is 14.7. The molecule has 0 bridgehead atoms. The normalized spacial score (nSPS) is 17.2. The highest BCUT2D eigenvalue weighted by Gasteiger charge is 2.30. The molecule has 1 saturated heterocycles. The number of methoxy groups -OCH3 is 1. The van der Waals surface area contributed by atoms with Crippen molar-refractivity contribution in [3.8, 4) is 0 Å². The van der Waals surface area contributed by atoms with E-state index in [1.54, 1.807) is 19.4 Å². The summed E-state index contributed by atoms with van der Waals surface area (Å²) in [5, 5.41) is 4.32. The molecule has 3 heterocycles. The first-order valence-electron chi connectivity index (χ1n) is 8.58. The van der Waals surface area contributed by atoms with Gasteiger partial charge in [0.1, 0.15) is 0 Å². The van der Waals surface area contributed by atoms with E-state index in [-0.39, 0.29) is 17.5 Å². The van der Waals surface area contributed by atoms with Crippen LogP contribution in [0.5, 0.6) is 0 Å². The van der Waals surface area contributed by atoms with E-state index in [9.17, 15) is 9.59 Å². The minimum atomic E-state index is -0.126. The zero-order chi connectivity index (χ0) is 17.8. The molecule has 1 aliphatic rings. The van der Waals surface area contributed by atoms with E-state index in [4.69, 9.17) is 4.74 Å². The van der Waals surface area contributed by atoms with Crippen molar-refractivity contribution >= 4 is 5.91 Å². The first-order chi connectivity index (χ1) is 12.1. The predicted molar refractivity (Wildman–Crippen MR) is 93.6 cm³/mol. The number of ether oxygens (including phenoxy) is 1. The van der Waals surface area contributed by atoms with Crippen LogP contribution in [0.3, 0.4) is 0 Å². The Morgan fingerprint density at radius 1 is 1.36 bits per heavy atom. The minimum absolute atomic E-state index is 0.0301. The number of likely N-dealkylation sites (tertiary alicyclic amines) is 1. The number of amides is 1. The lowest BCUT2D eigenvalue weighted by Gasteiger charge is -2.25. The second-order valence-corrected chi connectivity index (χ2v) is 6.48. The van der Waals surface area contributed by atoms with Gasteiger partial charge < -0.3 is 14.2 Å². The SMILES string of the molecule is COCCn1cc(C(=O)N2CCC[C@H]2Cn2cc(C)cn2)ccc1=O. The molecule has 0 N–H and O–H groups in total. The summed E-state index contributed by atoms with van der Waals surface area (Å²) in [5.41, 5.74) is 1.53. The summed E-state index contributed by atoms with van der Waals surface area (Å²) in [6, 6.07) is 3.19. The van der Waals surface area contributed by atoms with Crippen LogP contribution in [0.15, 0.2) is 35.5 Å². The van der Waals surface area contributed by atoms with Crippen molar-refractivity contribution in [2.45, 2.75) is 38.9 Å². The third kappa shape index (κ3) is 3.99. The number of nitrogens with zero attached hydrogens (tertiary/aromatic N) is 4. The van der Waals surface area contributed by atoms with Crippen LogP contribution >= 0.6 is 0 Å². The number of pyridine rings is 1. The third-order valence-electron chi connectivity index (χ3n) is 4.56. The Kier molecular flexibility index (Phi) is 5.33. The molecule has 0 aliphatic carbocycles. The first-order valence-corrected chi connectivity index (χ1v) is 8.58. The largest absolute Gasteiger partial charge is 0.383 e. The molecular weight excluding hydrogens is 320 g/mol. The van der Waals surface area contributed by atoms with Gasteiger partial charge in [-0.05, 0) is 31.4 Å². The van der Waals surface area contributed by atoms with E-state index >= 15 is 0 Å². The first kappa shape index (κ1) is 17.4. The Morgan fingerprint density at radius 3 is 2.92 bits per heavy atom. The molecular formula is C18H24N4O3. The molecule has 25 heavy (non-hydrogen) atoms. The van der Waals surface area contributed by atoms with Crippen LogP contribution in [0.1, 0.15) is 28.8 Å². The van der Waals surface area contributed by atoms with Gasteiger partial charge in [0.15, 0.2) is 0 Å². The number of hydrogen-bond donors (Lipinski definition) is 0. The standard InChI is InChI=1S/C18H24N4O3/c1-14-10-19-21(11-14)13-16-4-3-7-22(16)18(24)15-5-6-17(23)20(12-15)8-9-25-2/h5-6,10-12,16H,3-4,7-9,13H2,1-2H3/t16-/m0/s1. The van der Waals surface area contributed by atoms with Crippen LogP contribution < -0.4 is 5.56 Å². The molecule has 1 amide bonds. The topological polar surface area (TPSA) is 69.4 Å². The van der Waals surface area contributed by atoms with Crippen molar-refractivity contribution in [2.75, 3.05) is 20.3 Å². The van der Waals surface area contributed by atoms with Gasteiger partial charge in [-0.2, -0.15) is 5.10 Å². The summed E-state index contributed by atoms with van der Waals surface area (Å²) in [4.78, 5) is 26.7. The smallest absolute Gasteiger partial charge is 0.255 e. The Bertz CT molecular complexity index is 796. The molecule has 3 rings (SSSR count). The van der Waals surface area contributed by atoms with Crippen LogP contribution in [0.2, 0.25) is 0 Å². The van der Waals surface area contributed by atoms with Gasteiger partial charge in [-0.1, -0.05) is 0 Å². The Labute approximate surface area is 146 Å². The molecule has 0 unspecified atom stereocenters. The van der Waals surface area contributed by atoms with E-state index in [0.717, 1.165) is 24.9 Å². The molecule has 7 nitrogen and oxygen atoms in total. The molecule has 0 aromatic carbocycles. The molecule has 2 aromatic heterocycles. The number of carbonyl (C=O) groups is 1. The maximum absolute atomic E-state index is 12.9. The van der Waals surface area contributed by atoms with Crippen molar-refractivity contribution in [1.29, 1.82) is 0 Å². The molecule has 1 aliphatic heterocycles. The molecule has 0 radical (unpaired) electrons. The zero-order valence-electron chi connectivity index (χ0n) is 14.7. The summed E-state index contributed by atoms with van der Waals surface area (Å²) in [6.45, 7) is 4.31. The summed E-state index contributed by atoms with van der Waals surface area (Å²) < 4.78 is 8.44. The van der Waals surface area contributed by atoms with Crippen molar-refractivity contribution in [3.63, 3.8) is 0 Å². The predicted octanol–water partition coefficient (Wildman–Crippen LogP) is 1.30. The van der Waals surface area contributed by atoms with E-state index in [1.165, 1.54) is 10.6 Å². The summed E-state index contributed by atoms with van der Waals surface area (Å²) in [7, 11) is 1.59. The maximum atomic E-state index is 12.9. The van der Waals surface area contributed by atoms with Crippen LogP contribution in [-0.4, -0.2) is 51.5 Å². The van der Waals surface area contributed by atoms with Gasteiger partial charge in [-0.15, -0.1) is 0 Å². The molecule has 134 valence electrons. The van der Waals surface area contributed by atoms with Gasteiger partial charge in [0, 0.05) is 38.7 Å². The van der Waals surface area contributed by atoms with Gasteiger partial charge >= 0.3 is 0 Å². The van der Waals surface area contributed by atoms with Crippen LogP contribution in [0.25, 0.3) is 0 Å². The summed E-state index contributed by atoms with van der Waals surface area (Å²) in [5.74, 6) is -0.0301. The molecule has 0 saturated carbocycles. The highest BCUT2D eigenvalue weighted by molar-refractivity contribution is 5.94. The number of aromatic nitrogens is 3. The van der Waals surface area contributed by atoms with Crippen LogP contribution in [0, 0.1) is 6.92 Å². The highest BCUT2D eigenvalue weighted by Crippen LogP contribution is 2.21. The number of rotatable bonds is 6. The van der Waals surface area contributed by atoms with Crippen molar-refractivity contribution < 1.29 is 9.53 Å². The lowest BCUT2D eigenvalue weighted by molar-refractivity contribution is 0.0720. The van der Waals surface area contributed by atoms with E-state index in [0.29, 0.717) is 25.3 Å². The monoisotopic (exact) mass is 344 g/mol. The molecule has 7 heteroatoms. The number of carbonyl (C=O) groups excluding carboxylic acids is 1. The Hall–Kier alpha value is -2.41. The van der Waals surface area contributed by atoms with Gasteiger partial charge in [0.05, 0.1) is 31.0 Å². The second kappa shape index (κ2) is 7.65. The van der Waals surface area contributed by atoms with Crippen LogP contribution in [-0.2, 0) is 17.8 Å². The number of hydrogen-bond acceptors (Lipinski definition) is 4. The van der Waals surface area contributed by atoms with Gasteiger partial charge in [-0.25, -0.2) is 0 Å². The molecule has 1 atom stereocenters. The minimum Gasteiger partial charge on any atom is -0.383 e.